The van der Waals surface area contributed by atoms with Crippen LogP contribution in [0.15, 0.2) is 0 Å². The van der Waals surface area contributed by atoms with Gasteiger partial charge in [0.15, 0.2) is 12.2 Å². The first kappa shape index (κ1) is 93.1. The number of carbonyl (C=O) groups excluding carboxylic acids is 4. The third-order valence-electron chi connectivity index (χ3n) is 17.8. The monoisotopic (exact) mass is 1400 g/mol. The molecule has 17 nitrogen and oxygen atoms in total. The average Bonchev–Trinajstić information content (AvgIpc) is 3.69. The first-order valence-corrected chi connectivity index (χ1v) is 42.6. The Balaban J connectivity index is 5.21. The number of phosphoric ester groups is 2. The van der Waals surface area contributed by atoms with Gasteiger partial charge in [-0.3, -0.25) is 37.3 Å². The minimum Gasteiger partial charge on any atom is -0.462 e. The van der Waals surface area contributed by atoms with E-state index in [4.69, 9.17) is 37.0 Å². The van der Waals surface area contributed by atoms with Crippen molar-refractivity contribution in [3.63, 3.8) is 0 Å². The summed E-state index contributed by atoms with van der Waals surface area (Å²) < 4.78 is 68.5. The van der Waals surface area contributed by atoms with E-state index in [-0.39, 0.29) is 25.7 Å². The van der Waals surface area contributed by atoms with Gasteiger partial charge in [-0.15, -0.1) is 0 Å². The SMILES string of the molecule is CCCCCCCCCCCCCCCCCCCCCCC(=O)O[C@H](COC(=O)CCCCCCCCCCCCCC)COP(=O)(O)OC[C@@H](O)COP(=O)(O)OC[C@@H](COC(=O)CCCCCCCCCCC(C)C)OC(=O)CCCCCCCCCCCCCC. The Bertz CT molecular complexity index is 1820. The molecule has 0 saturated carbocycles. The minimum atomic E-state index is -4.96. The molecule has 564 valence electrons. The van der Waals surface area contributed by atoms with Crippen LogP contribution in [0.2, 0.25) is 0 Å². The molecule has 0 aromatic rings. The van der Waals surface area contributed by atoms with Crippen LogP contribution in [0, 0.1) is 5.92 Å². The molecule has 0 aliphatic rings. The summed E-state index contributed by atoms with van der Waals surface area (Å²) in [6, 6.07) is 0. The molecular weight excluding hydrogens is 1250 g/mol. The second-order valence-corrected chi connectivity index (χ2v) is 30.8. The van der Waals surface area contributed by atoms with Crippen LogP contribution in [0.25, 0.3) is 0 Å². The number of hydrogen-bond acceptors (Lipinski definition) is 15. The molecule has 0 heterocycles. The van der Waals surface area contributed by atoms with Gasteiger partial charge in [0.1, 0.15) is 19.3 Å². The lowest BCUT2D eigenvalue weighted by Crippen LogP contribution is -2.30. The van der Waals surface area contributed by atoms with Gasteiger partial charge < -0.3 is 33.8 Å². The molecule has 0 aromatic heterocycles. The summed E-state index contributed by atoms with van der Waals surface area (Å²) in [5.41, 5.74) is 0. The highest BCUT2D eigenvalue weighted by Gasteiger charge is 2.30. The van der Waals surface area contributed by atoms with Crippen molar-refractivity contribution in [3.8, 4) is 0 Å². The lowest BCUT2D eigenvalue weighted by atomic mass is 10.0. The number of ether oxygens (including phenoxy) is 4. The molecule has 0 rings (SSSR count). The van der Waals surface area contributed by atoms with Crippen LogP contribution in [-0.4, -0.2) is 96.7 Å². The fourth-order valence-corrected chi connectivity index (χ4v) is 13.3. The Morgan fingerprint density at radius 1 is 0.284 bits per heavy atom. The molecule has 95 heavy (non-hydrogen) atoms. The summed E-state index contributed by atoms with van der Waals surface area (Å²) in [6.07, 6.45) is 58.3. The third-order valence-corrected chi connectivity index (χ3v) is 19.7. The number of hydrogen-bond donors (Lipinski definition) is 3. The Morgan fingerprint density at radius 2 is 0.484 bits per heavy atom. The predicted molar refractivity (Wildman–Crippen MR) is 386 cm³/mol. The van der Waals surface area contributed by atoms with Gasteiger partial charge in [0, 0.05) is 25.7 Å². The Hall–Kier alpha value is -1.94. The van der Waals surface area contributed by atoms with E-state index in [0.29, 0.717) is 25.7 Å². The van der Waals surface area contributed by atoms with Gasteiger partial charge in [-0.05, 0) is 31.6 Å². The van der Waals surface area contributed by atoms with E-state index < -0.39 is 97.5 Å². The van der Waals surface area contributed by atoms with E-state index in [9.17, 15) is 43.2 Å². The van der Waals surface area contributed by atoms with Crippen LogP contribution in [0.1, 0.15) is 401 Å². The lowest BCUT2D eigenvalue weighted by Gasteiger charge is -2.21. The van der Waals surface area contributed by atoms with Crippen molar-refractivity contribution in [1.82, 2.24) is 0 Å². The van der Waals surface area contributed by atoms with Crippen molar-refractivity contribution < 1.29 is 80.2 Å². The Labute approximate surface area is 581 Å². The van der Waals surface area contributed by atoms with Crippen molar-refractivity contribution in [2.75, 3.05) is 39.6 Å². The van der Waals surface area contributed by atoms with Crippen LogP contribution in [0.5, 0.6) is 0 Å². The fourth-order valence-electron chi connectivity index (χ4n) is 11.7. The van der Waals surface area contributed by atoms with Crippen LogP contribution in [0.4, 0.5) is 0 Å². The van der Waals surface area contributed by atoms with Gasteiger partial charge in [0.2, 0.25) is 0 Å². The van der Waals surface area contributed by atoms with Crippen LogP contribution in [0.3, 0.4) is 0 Å². The summed E-state index contributed by atoms with van der Waals surface area (Å²) >= 11 is 0. The number of rotatable bonds is 76. The fraction of sp³-hybridized carbons (Fsp3) is 0.947. The van der Waals surface area contributed by atoms with Crippen molar-refractivity contribution in [3.05, 3.63) is 0 Å². The molecule has 5 atom stereocenters. The standard InChI is InChI=1S/C76H148O17P2/c1-6-9-12-15-18-21-24-27-28-29-30-31-32-33-34-37-40-47-52-57-62-76(81)92-71(65-86-73(78)59-54-49-44-38-35-25-22-19-16-13-10-7-2)67-90-94(82,83)88-63-70(77)64-89-95(84,85)91-68-72(66-87-74(79)60-55-50-45-42-41-43-48-53-58-69(4)5)93-75(80)61-56-51-46-39-36-26-23-20-17-14-11-8-3/h69-72,77H,6-68H2,1-5H3,(H,82,83)(H,84,85)/t70-,71-,72-/m1/s1. The van der Waals surface area contributed by atoms with Gasteiger partial charge in [0.05, 0.1) is 26.4 Å². The molecule has 2 unspecified atom stereocenters. The topological polar surface area (TPSA) is 237 Å². The normalized spacial score (nSPS) is 13.9. The zero-order valence-electron chi connectivity index (χ0n) is 61.8. The van der Waals surface area contributed by atoms with Crippen molar-refractivity contribution >= 4 is 39.5 Å². The summed E-state index contributed by atoms with van der Waals surface area (Å²) in [5.74, 6) is -1.39. The maximum absolute atomic E-state index is 13.1. The highest BCUT2D eigenvalue weighted by Crippen LogP contribution is 2.45. The smallest absolute Gasteiger partial charge is 0.462 e. The van der Waals surface area contributed by atoms with Gasteiger partial charge >= 0.3 is 39.5 Å². The van der Waals surface area contributed by atoms with Gasteiger partial charge in [-0.1, -0.05) is 349 Å². The van der Waals surface area contributed by atoms with E-state index in [1.54, 1.807) is 0 Å². The van der Waals surface area contributed by atoms with Gasteiger partial charge in [-0.25, -0.2) is 9.13 Å². The summed E-state index contributed by atoms with van der Waals surface area (Å²) in [7, 11) is -9.91. The number of esters is 4. The lowest BCUT2D eigenvalue weighted by molar-refractivity contribution is -0.161. The molecule has 0 aliphatic heterocycles. The van der Waals surface area contributed by atoms with E-state index in [0.717, 1.165) is 95.8 Å². The number of carbonyl (C=O) groups is 4. The summed E-state index contributed by atoms with van der Waals surface area (Å²) in [6.45, 7) is 7.26. The Morgan fingerprint density at radius 3 is 0.716 bits per heavy atom. The number of aliphatic hydroxyl groups excluding tert-OH is 1. The molecule has 0 bridgehead atoms. The molecule has 3 N–H and O–H groups in total. The molecule has 0 aromatic carbocycles. The molecule has 0 fully saturated rings. The highest BCUT2D eigenvalue weighted by atomic mass is 31.2. The van der Waals surface area contributed by atoms with Crippen LogP contribution >= 0.6 is 15.6 Å². The molecule has 19 heteroatoms. The minimum absolute atomic E-state index is 0.107. The first-order valence-electron chi connectivity index (χ1n) is 39.6. The van der Waals surface area contributed by atoms with E-state index in [1.807, 2.05) is 0 Å². The largest absolute Gasteiger partial charge is 0.472 e. The molecular formula is C76H148O17P2. The summed E-state index contributed by atoms with van der Waals surface area (Å²) in [4.78, 5) is 72.8. The zero-order valence-corrected chi connectivity index (χ0v) is 63.6. The van der Waals surface area contributed by atoms with Gasteiger partial charge in [0.25, 0.3) is 0 Å². The van der Waals surface area contributed by atoms with Crippen LogP contribution < -0.4 is 0 Å². The summed E-state index contributed by atoms with van der Waals surface area (Å²) in [5, 5.41) is 10.6. The first-order chi connectivity index (χ1) is 46.0. The van der Waals surface area contributed by atoms with E-state index >= 15 is 0 Å². The number of phosphoric acid groups is 2. The quantitative estimate of drug-likeness (QED) is 0.0222. The van der Waals surface area contributed by atoms with Crippen molar-refractivity contribution in [1.29, 1.82) is 0 Å². The maximum atomic E-state index is 13.1. The zero-order chi connectivity index (χ0) is 69.8. The maximum Gasteiger partial charge on any atom is 0.472 e. The van der Waals surface area contributed by atoms with E-state index in [2.05, 4.69) is 34.6 Å². The van der Waals surface area contributed by atoms with Crippen molar-refractivity contribution in [2.45, 2.75) is 419 Å². The second kappa shape index (κ2) is 69.2. The number of unbranched alkanes of at least 4 members (excludes halogenated alkanes) is 48. The highest BCUT2D eigenvalue weighted by molar-refractivity contribution is 7.47. The number of aliphatic hydroxyl groups is 1. The average molecular weight is 1400 g/mol. The molecule has 0 saturated heterocycles. The van der Waals surface area contributed by atoms with Gasteiger partial charge in [-0.2, -0.15) is 0 Å². The van der Waals surface area contributed by atoms with Crippen LogP contribution in [-0.2, 0) is 65.4 Å². The molecule has 0 spiro atoms. The molecule has 0 radical (unpaired) electrons. The third kappa shape index (κ3) is 70.3. The second-order valence-electron chi connectivity index (χ2n) is 27.9. The van der Waals surface area contributed by atoms with Crippen molar-refractivity contribution in [2.24, 2.45) is 5.92 Å². The molecule has 0 amide bonds. The Kier molecular flexibility index (Phi) is 67.7. The van der Waals surface area contributed by atoms with E-state index in [1.165, 1.54) is 225 Å². The molecule has 0 aliphatic carbocycles. The predicted octanol–water partition coefficient (Wildman–Crippen LogP) is 22.5.